The predicted octanol–water partition coefficient (Wildman–Crippen LogP) is 4.15. The van der Waals surface area contributed by atoms with E-state index in [1.807, 2.05) is 31.2 Å². The summed E-state index contributed by atoms with van der Waals surface area (Å²) in [6, 6.07) is 8.35. The highest BCUT2D eigenvalue weighted by molar-refractivity contribution is 5.96. The zero-order chi connectivity index (χ0) is 13.9. The lowest BCUT2D eigenvalue weighted by Crippen LogP contribution is -2.39. The molecule has 2 heteroatoms. The summed E-state index contributed by atoms with van der Waals surface area (Å²) < 4.78 is 0. The summed E-state index contributed by atoms with van der Waals surface area (Å²) >= 11 is 0. The second-order valence-corrected chi connectivity index (χ2v) is 5.98. The van der Waals surface area contributed by atoms with Gasteiger partial charge in [0.1, 0.15) is 0 Å². The number of nitrogens with zero attached hydrogens (tertiary/aromatic N) is 1. The minimum Gasteiger partial charge on any atom is -0.371 e. The van der Waals surface area contributed by atoms with Crippen molar-refractivity contribution >= 4 is 11.5 Å². The summed E-state index contributed by atoms with van der Waals surface area (Å²) in [4.78, 5) is 13.8. The first-order valence-corrected chi connectivity index (χ1v) is 6.63. The number of ketones is 1. The van der Waals surface area contributed by atoms with Crippen LogP contribution in [0.2, 0.25) is 0 Å². The molecule has 0 aliphatic rings. The number of rotatable bonds is 4. The van der Waals surface area contributed by atoms with Crippen molar-refractivity contribution in [2.24, 2.45) is 5.41 Å². The molecule has 0 aliphatic heterocycles. The van der Waals surface area contributed by atoms with Crippen LogP contribution in [0, 0.1) is 5.41 Å². The van der Waals surface area contributed by atoms with E-state index in [0.29, 0.717) is 12.5 Å². The zero-order valence-electron chi connectivity index (χ0n) is 12.4. The van der Waals surface area contributed by atoms with E-state index in [1.54, 1.807) is 0 Å². The Hall–Kier alpha value is -1.31. The molecule has 1 aromatic carbocycles. The number of hydrogen-bond acceptors (Lipinski definition) is 2. The summed E-state index contributed by atoms with van der Waals surface area (Å²) in [6.07, 6.45) is 0.563. The van der Waals surface area contributed by atoms with Gasteiger partial charge in [-0.05, 0) is 36.6 Å². The average molecular weight is 247 g/mol. The molecule has 0 saturated heterocycles. The molecule has 1 aromatic rings. The van der Waals surface area contributed by atoms with Crippen molar-refractivity contribution in [3.8, 4) is 0 Å². The summed E-state index contributed by atoms with van der Waals surface area (Å²) in [7, 11) is 2.10. The lowest BCUT2D eigenvalue weighted by Gasteiger charge is -2.37. The maximum Gasteiger partial charge on any atom is 0.162 e. The number of hydrogen-bond donors (Lipinski definition) is 0. The largest absolute Gasteiger partial charge is 0.371 e. The van der Waals surface area contributed by atoms with Crippen molar-refractivity contribution in [1.29, 1.82) is 0 Å². The number of Topliss-reactive ketones (excluding diaryl/α,β-unsaturated/α-hetero) is 1. The summed E-state index contributed by atoms with van der Waals surface area (Å²) in [6.45, 7) is 10.8. The predicted molar refractivity (Wildman–Crippen MR) is 78.4 cm³/mol. The van der Waals surface area contributed by atoms with Crippen LogP contribution in [-0.4, -0.2) is 18.9 Å². The van der Waals surface area contributed by atoms with E-state index in [1.165, 1.54) is 0 Å². The van der Waals surface area contributed by atoms with E-state index < -0.39 is 0 Å². The quantitative estimate of drug-likeness (QED) is 0.745. The van der Waals surface area contributed by atoms with Crippen molar-refractivity contribution in [2.75, 3.05) is 11.9 Å². The minimum absolute atomic E-state index is 0.202. The number of benzene rings is 1. The molecule has 0 spiro atoms. The van der Waals surface area contributed by atoms with Crippen molar-refractivity contribution in [2.45, 2.75) is 47.1 Å². The van der Waals surface area contributed by atoms with Crippen LogP contribution in [0.4, 0.5) is 5.69 Å². The lowest BCUT2D eigenvalue weighted by atomic mass is 9.87. The van der Waals surface area contributed by atoms with Gasteiger partial charge in [-0.3, -0.25) is 4.79 Å². The Morgan fingerprint density at radius 2 is 1.72 bits per heavy atom. The van der Waals surface area contributed by atoms with E-state index in [4.69, 9.17) is 0 Å². The van der Waals surface area contributed by atoms with Crippen LogP contribution in [0.15, 0.2) is 24.3 Å². The Morgan fingerprint density at radius 3 is 2.11 bits per heavy atom. The first-order valence-electron chi connectivity index (χ1n) is 6.63. The molecular formula is C16H25NO. The van der Waals surface area contributed by atoms with Gasteiger partial charge in [0.05, 0.1) is 0 Å². The van der Waals surface area contributed by atoms with Crippen molar-refractivity contribution in [3.05, 3.63) is 29.8 Å². The van der Waals surface area contributed by atoms with Crippen LogP contribution < -0.4 is 4.90 Å². The topological polar surface area (TPSA) is 20.3 Å². The maximum absolute atomic E-state index is 11.6. The molecule has 0 fully saturated rings. The third-order valence-corrected chi connectivity index (χ3v) is 3.75. The third-order valence-electron chi connectivity index (χ3n) is 3.75. The molecule has 1 atom stereocenters. The van der Waals surface area contributed by atoms with Gasteiger partial charge in [0.2, 0.25) is 0 Å². The van der Waals surface area contributed by atoms with Gasteiger partial charge in [-0.2, -0.15) is 0 Å². The van der Waals surface area contributed by atoms with Gasteiger partial charge in [0, 0.05) is 30.8 Å². The van der Waals surface area contributed by atoms with Crippen LogP contribution in [0.3, 0.4) is 0 Å². The Morgan fingerprint density at radius 1 is 1.22 bits per heavy atom. The van der Waals surface area contributed by atoms with Crippen molar-refractivity contribution in [3.63, 3.8) is 0 Å². The fraction of sp³-hybridized carbons (Fsp3) is 0.562. The summed E-state index contributed by atoms with van der Waals surface area (Å²) in [5.74, 6) is 0.202. The van der Waals surface area contributed by atoms with E-state index >= 15 is 0 Å². The highest BCUT2D eigenvalue weighted by Crippen LogP contribution is 2.27. The molecule has 0 saturated carbocycles. The van der Waals surface area contributed by atoms with Gasteiger partial charge in [0.25, 0.3) is 0 Å². The normalized spacial score (nSPS) is 13.2. The third kappa shape index (κ3) is 3.34. The Balaban J connectivity index is 2.89. The van der Waals surface area contributed by atoms with Gasteiger partial charge >= 0.3 is 0 Å². The van der Waals surface area contributed by atoms with Crippen LogP contribution in [0.25, 0.3) is 0 Å². The van der Waals surface area contributed by atoms with Gasteiger partial charge in [-0.15, -0.1) is 0 Å². The monoisotopic (exact) mass is 247 g/mol. The highest BCUT2D eigenvalue weighted by atomic mass is 16.1. The molecule has 18 heavy (non-hydrogen) atoms. The molecule has 0 aromatic heterocycles. The molecule has 1 unspecified atom stereocenters. The van der Waals surface area contributed by atoms with E-state index in [0.717, 1.165) is 11.3 Å². The molecule has 0 aliphatic carbocycles. The standard InChI is InChI=1S/C16H25NO/c1-7-15(18)13-8-10-14(11-9-13)17(6)12(2)16(3,4)5/h8-12H,7H2,1-6H3. The van der Waals surface area contributed by atoms with Gasteiger partial charge in [-0.1, -0.05) is 27.7 Å². The molecule has 0 amide bonds. The number of carbonyl (C=O) groups excluding carboxylic acids is 1. The second kappa shape index (κ2) is 5.55. The summed E-state index contributed by atoms with van der Waals surface area (Å²) in [5.41, 5.74) is 2.19. The number of carbonyl (C=O) groups is 1. The van der Waals surface area contributed by atoms with Crippen LogP contribution in [0.1, 0.15) is 51.4 Å². The first-order chi connectivity index (χ1) is 8.27. The molecule has 0 bridgehead atoms. The summed E-state index contributed by atoms with van der Waals surface area (Å²) in [5, 5.41) is 0. The van der Waals surface area contributed by atoms with Crippen LogP contribution >= 0.6 is 0 Å². The Bertz CT molecular complexity index is 400. The average Bonchev–Trinajstić information content (AvgIpc) is 2.35. The van der Waals surface area contributed by atoms with Gasteiger partial charge in [0.15, 0.2) is 5.78 Å². The fourth-order valence-electron chi connectivity index (χ4n) is 1.89. The molecular weight excluding hydrogens is 222 g/mol. The van der Waals surface area contributed by atoms with Crippen LogP contribution in [0.5, 0.6) is 0 Å². The molecule has 0 radical (unpaired) electrons. The fourth-order valence-corrected chi connectivity index (χ4v) is 1.89. The first kappa shape index (κ1) is 14.7. The van der Waals surface area contributed by atoms with Gasteiger partial charge < -0.3 is 4.90 Å². The second-order valence-electron chi connectivity index (χ2n) is 5.98. The zero-order valence-corrected chi connectivity index (χ0v) is 12.4. The van der Waals surface area contributed by atoms with E-state index in [9.17, 15) is 4.79 Å². The minimum atomic E-state index is 0.202. The molecule has 100 valence electrons. The smallest absolute Gasteiger partial charge is 0.162 e. The van der Waals surface area contributed by atoms with E-state index in [2.05, 4.69) is 39.6 Å². The lowest BCUT2D eigenvalue weighted by molar-refractivity contribution is 0.0988. The maximum atomic E-state index is 11.6. The molecule has 1 rings (SSSR count). The van der Waals surface area contributed by atoms with Crippen molar-refractivity contribution in [1.82, 2.24) is 0 Å². The molecule has 0 N–H and O–H groups in total. The SMILES string of the molecule is CCC(=O)c1ccc(N(C)C(C)C(C)(C)C)cc1. The van der Waals surface area contributed by atoms with Crippen molar-refractivity contribution < 1.29 is 4.79 Å². The van der Waals surface area contributed by atoms with E-state index in [-0.39, 0.29) is 11.2 Å². The molecule has 2 nitrogen and oxygen atoms in total. The Kier molecular flexibility index (Phi) is 4.55. The highest BCUT2D eigenvalue weighted by Gasteiger charge is 2.24. The Labute approximate surface area is 111 Å². The van der Waals surface area contributed by atoms with Gasteiger partial charge in [-0.25, -0.2) is 0 Å². The molecule has 0 heterocycles. The number of anilines is 1. The van der Waals surface area contributed by atoms with Crippen LogP contribution in [-0.2, 0) is 0 Å².